The van der Waals surface area contributed by atoms with Crippen molar-refractivity contribution in [1.82, 2.24) is 10.6 Å². The van der Waals surface area contributed by atoms with Gasteiger partial charge in [-0.15, -0.1) is 0 Å². The van der Waals surface area contributed by atoms with Crippen LogP contribution in [0, 0.1) is 0 Å². The van der Waals surface area contributed by atoms with Crippen molar-refractivity contribution < 1.29 is 18.7 Å². The first-order valence-electron chi connectivity index (χ1n) is 8.44. The third-order valence-corrected chi connectivity index (χ3v) is 3.62. The Kier molecular flexibility index (Phi) is 7.72. The Hall–Kier alpha value is -2.60. The Bertz CT molecular complexity index is 641. The van der Waals surface area contributed by atoms with Crippen LogP contribution >= 0.6 is 0 Å². The van der Waals surface area contributed by atoms with Crippen LogP contribution in [0.5, 0.6) is 0 Å². The van der Waals surface area contributed by atoms with E-state index in [1.165, 1.54) is 6.26 Å². The molecular weight excluding hydrogens is 320 g/mol. The molecule has 2 N–H and O–H groups in total. The molecular formula is C19H24N2O4. The average Bonchev–Trinajstić information content (AvgIpc) is 3.16. The Morgan fingerprint density at radius 3 is 2.64 bits per heavy atom. The van der Waals surface area contributed by atoms with Crippen LogP contribution in [0.3, 0.4) is 0 Å². The van der Waals surface area contributed by atoms with E-state index in [0.717, 1.165) is 12.0 Å². The van der Waals surface area contributed by atoms with Gasteiger partial charge in [0.05, 0.1) is 6.26 Å². The van der Waals surface area contributed by atoms with E-state index in [1.54, 1.807) is 12.1 Å². The molecule has 2 rings (SSSR count). The third-order valence-electron chi connectivity index (χ3n) is 3.62. The fourth-order valence-corrected chi connectivity index (χ4v) is 2.35. The number of carbonyl (C=O) groups is 2. The highest BCUT2D eigenvalue weighted by atomic mass is 16.5. The molecule has 0 unspecified atom stereocenters. The number of nitrogens with one attached hydrogen (secondary N) is 2. The highest BCUT2D eigenvalue weighted by molar-refractivity contribution is 5.95. The lowest BCUT2D eigenvalue weighted by atomic mass is 10.0. The summed E-state index contributed by atoms with van der Waals surface area (Å²) in [5, 5.41) is 5.59. The second-order valence-electron chi connectivity index (χ2n) is 5.53. The molecule has 2 amide bonds. The van der Waals surface area contributed by atoms with Gasteiger partial charge >= 0.3 is 0 Å². The van der Waals surface area contributed by atoms with Crippen molar-refractivity contribution in [3.8, 4) is 0 Å². The largest absolute Gasteiger partial charge is 0.459 e. The summed E-state index contributed by atoms with van der Waals surface area (Å²) in [4.78, 5) is 24.7. The minimum Gasteiger partial charge on any atom is -0.459 e. The molecule has 0 aliphatic heterocycles. The van der Waals surface area contributed by atoms with Gasteiger partial charge in [-0.3, -0.25) is 9.59 Å². The highest BCUT2D eigenvalue weighted by Gasteiger charge is 2.22. The van der Waals surface area contributed by atoms with Gasteiger partial charge in [-0.2, -0.15) is 0 Å². The molecule has 0 saturated carbocycles. The van der Waals surface area contributed by atoms with Gasteiger partial charge < -0.3 is 19.8 Å². The first kappa shape index (κ1) is 18.7. The molecule has 134 valence electrons. The van der Waals surface area contributed by atoms with Crippen molar-refractivity contribution in [1.29, 1.82) is 0 Å². The van der Waals surface area contributed by atoms with Gasteiger partial charge in [0.15, 0.2) is 5.76 Å². The number of furan rings is 1. The number of benzene rings is 1. The summed E-state index contributed by atoms with van der Waals surface area (Å²) in [6.45, 7) is 3.68. The predicted octanol–water partition coefficient (Wildman–Crippen LogP) is 2.16. The van der Waals surface area contributed by atoms with Crippen LogP contribution < -0.4 is 10.6 Å². The molecule has 0 aliphatic carbocycles. The maximum atomic E-state index is 12.5. The Labute approximate surface area is 147 Å². The average molecular weight is 344 g/mol. The lowest BCUT2D eigenvalue weighted by molar-refractivity contribution is -0.123. The normalized spacial score (nSPS) is 11.7. The van der Waals surface area contributed by atoms with Crippen LogP contribution in [-0.2, 0) is 16.0 Å². The molecule has 6 nitrogen and oxygen atoms in total. The molecule has 25 heavy (non-hydrogen) atoms. The molecule has 2 aromatic rings. The summed E-state index contributed by atoms with van der Waals surface area (Å²) in [6.07, 6.45) is 2.56. The molecule has 6 heteroatoms. The fraction of sp³-hybridized carbons (Fsp3) is 0.368. The van der Waals surface area contributed by atoms with E-state index in [4.69, 9.17) is 9.15 Å². The van der Waals surface area contributed by atoms with Gasteiger partial charge in [-0.25, -0.2) is 0 Å². The summed E-state index contributed by atoms with van der Waals surface area (Å²) in [7, 11) is 0. The van der Waals surface area contributed by atoms with E-state index < -0.39 is 11.9 Å². The molecule has 0 spiro atoms. The van der Waals surface area contributed by atoms with Gasteiger partial charge in [0.1, 0.15) is 6.04 Å². The minimum absolute atomic E-state index is 0.183. The SMILES string of the molecule is CCOCCCNC(=O)[C@H](Cc1ccccc1)NC(=O)c1ccco1. The molecule has 0 aliphatic rings. The van der Waals surface area contributed by atoms with Gasteiger partial charge in [0.2, 0.25) is 5.91 Å². The molecule has 1 aromatic heterocycles. The van der Waals surface area contributed by atoms with E-state index >= 15 is 0 Å². The van der Waals surface area contributed by atoms with Gasteiger partial charge in [-0.1, -0.05) is 30.3 Å². The van der Waals surface area contributed by atoms with E-state index in [-0.39, 0.29) is 11.7 Å². The minimum atomic E-state index is -0.674. The smallest absolute Gasteiger partial charge is 0.287 e. The van der Waals surface area contributed by atoms with Crippen LogP contribution in [0.2, 0.25) is 0 Å². The van der Waals surface area contributed by atoms with Crippen LogP contribution in [0.15, 0.2) is 53.1 Å². The second kappa shape index (κ2) is 10.3. The van der Waals surface area contributed by atoms with E-state index in [9.17, 15) is 9.59 Å². The zero-order chi connectivity index (χ0) is 17.9. The molecule has 0 radical (unpaired) electrons. The number of ether oxygens (including phenoxy) is 1. The van der Waals surface area contributed by atoms with Crippen molar-refractivity contribution in [2.45, 2.75) is 25.8 Å². The van der Waals surface area contributed by atoms with Crippen LogP contribution in [-0.4, -0.2) is 37.6 Å². The molecule has 0 bridgehead atoms. The van der Waals surface area contributed by atoms with E-state index in [2.05, 4.69) is 10.6 Å². The lowest BCUT2D eigenvalue weighted by Crippen LogP contribution is -2.48. The monoisotopic (exact) mass is 344 g/mol. The number of hydrogen-bond donors (Lipinski definition) is 2. The van der Waals surface area contributed by atoms with Crippen molar-refractivity contribution in [3.05, 3.63) is 60.1 Å². The zero-order valence-corrected chi connectivity index (χ0v) is 14.4. The van der Waals surface area contributed by atoms with E-state index in [1.807, 2.05) is 37.3 Å². The molecule has 0 fully saturated rings. The zero-order valence-electron chi connectivity index (χ0n) is 14.4. The van der Waals surface area contributed by atoms with Crippen LogP contribution in [0.1, 0.15) is 29.5 Å². The standard InChI is InChI=1S/C19H24N2O4/c1-2-24-12-7-11-20-18(22)16(14-15-8-4-3-5-9-15)21-19(23)17-10-6-13-25-17/h3-6,8-10,13,16H,2,7,11-12,14H2,1H3,(H,20,22)(H,21,23)/t16-/m0/s1. The van der Waals surface area contributed by atoms with Crippen molar-refractivity contribution in [3.63, 3.8) is 0 Å². The first-order chi connectivity index (χ1) is 12.2. The van der Waals surface area contributed by atoms with Crippen molar-refractivity contribution in [2.24, 2.45) is 0 Å². The predicted molar refractivity (Wildman–Crippen MR) is 94.2 cm³/mol. The Balaban J connectivity index is 1.95. The molecule has 1 aromatic carbocycles. The maximum Gasteiger partial charge on any atom is 0.287 e. The molecule has 1 atom stereocenters. The Morgan fingerprint density at radius 2 is 1.96 bits per heavy atom. The number of carbonyl (C=O) groups excluding carboxylic acids is 2. The lowest BCUT2D eigenvalue weighted by Gasteiger charge is -2.18. The second-order valence-corrected chi connectivity index (χ2v) is 5.53. The van der Waals surface area contributed by atoms with Gasteiger partial charge in [0, 0.05) is 26.2 Å². The molecule has 0 saturated heterocycles. The topological polar surface area (TPSA) is 80.6 Å². The summed E-state index contributed by atoms with van der Waals surface area (Å²) in [5.74, 6) is -0.446. The van der Waals surface area contributed by atoms with Crippen LogP contribution in [0.4, 0.5) is 0 Å². The summed E-state index contributed by atoms with van der Waals surface area (Å²) < 4.78 is 10.3. The number of amides is 2. The van der Waals surface area contributed by atoms with Crippen LogP contribution in [0.25, 0.3) is 0 Å². The number of rotatable bonds is 10. The third kappa shape index (κ3) is 6.43. The fourth-order valence-electron chi connectivity index (χ4n) is 2.35. The van der Waals surface area contributed by atoms with Gasteiger partial charge in [-0.05, 0) is 31.0 Å². The highest BCUT2D eigenvalue weighted by Crippen LogP contribution is 2.06. The molecule has 1 heterocycles. The first-order valence-corrected chi connectivity index (χ1v) is 8.44. The quantitative estimate of drug-likeness (QED) is 0.647. The van der Waals surface area contributed by atoms with E-state index in [0.29, 0.717) is 26.2 Å². The maximum absolute atomic E-state index is 12.5. The summed E-state index contributed by atoms with van der Waals surface area (Å²) >= 11 is 0. The van der Waals surface area contributed by atoms with Gasteiger partial charge in [0.25, 0.3) is 5.91 Å². The summed E-state index contributed by atoms with van der Waals surface area (Å²) in [6, 6.07) is 12.1. The number of hydrogen-bond acceptors (Lipinski definition) is 4. The summed E-state index contributed by atoms with van der Waals surface area (Å²) in [5.41, 5.74) is 0.969. The van der Waals surface area contributed by atoms with Crippen molar-refractivity contribution in [2.75, 3.05) is 19.8 Å². The Morgan fingerprint density at radius 1 is 1.16 bits per heavy atom. The van der Waals surface area contributed by atoms with Crippen molar-refractivity contribution >= 4 is 11.8 Å².